The Balaban J connectivity index is 0.000000206. The molecule has 0 aliphatic rings. The van der Waals surface area contributed by atoms with Crippen molar-refractivity contribution in [2.45, 2.75) is 14.4 Å². The van der Waals surface area contributed by atoms with Gasteiger partial charge in [-0.1, -0.05) is 7.43 Å². The minimum Gasteiger partial charge on any atom is -0.349 e. The van der Waals surface area contributed by atoms with Crippen molar-refractivity contribution in [3.05, 3.63) is 36.9 Å². The van der Waals surface area contributed by atoms with E-state index in [2.05, 4.69) is 15.0 Å². The summed E-state index contributed by atoms with van der Waals surface area (Å²) in [6.45, 7) is 1.97. The minimum atomic E-state index is 0. The third-order valence-corrected chi connectivity index (χ3v) is 1.27. The van der Waals surface area contributed by atoms with Gasteiger partial charge in [0.05, 0.1) is 12.7 Å². The number of hydrogen-bond donors (Lipinski definition) is 1. The molecule has 2 aromatic rings. The molecule has 4 nitrogen and oxygen atoms in total. The summed E-state index contributed by atoms with van der Waals surface area (Å²) in [5.74, 6) is 0. The molecule has 2 aromatic heterocycles. The summed E-state index contributed by atoms with van der Waals surface area (Å²) in [6.07, 6.45) is 8.83. The van der Waals surface area contributed by atoms with E-state index in [0.717, 1.165) is 5.69 Å². The summed E-state index contributed by atoms with van der Waals surface area (Å²) in [4.78, 5) is 10.4. The lowest BCUT2D eigenvalue weighted by molar-refractivity contribution is 0.913. The van der Waals surface area contributed by atoms with Gasteiger partial charge in [-0.3, -0.25) is 0 Å². The summed E-state index contributed by atoms with van der Waals surface area (Å²) in [5, 5.41) is 0. The van der Waals surface area contributed by atoms with Gasteiger partial charge in [-0.05, 0) is 6.92 Å². The SMILES string of the molecule is C.Cc1cnc[nH]1.Cn1ccnc1. The van der Waals surface area contributed by atoms with Crippen LogP contribution in [0.5, 0.6) is 0 Å². The number of aromatic nitrogens is 4. The number of hydrogen-bond acceptors (Lipinski definition) is 2. The molecule has 0 fully saturated rings. The Bertz CT molecular complexity index is 251. The molecule has 0 amide bonds. The monoisotopic (exact) mass is 180 g/mol. The largest absolute Gasteiger partial charge is 0.349 e. The zero-order chi connectivity index (χ0) is 8.81. The molecule has 0 aliphatic carbocycles. The molecule has 0 spiro atoms. The Labute approximate surface area is 78.7 Å². The van der Waals surface area contributed by atoms with Gasteiger partial charge in [0, 0.05) is 31.3 Å². The number of imidazole rings is 2. The lowest BCUT2D eigenvalue weighted by atomic mass is 10.6. The van der Waals surface area contributed by atoms with Gasteiger partial charge in [0.2, 0.25) is 0 Å². The average Bonchev–Trinajstić information content (AvgIpc) is 2.63. The second-order valence-corrected chi connectivity index (χ2v) is 2.46. The average molecular weight is 180 g/mol. The summed E-state index contributed by atoms with van der Waals surface area (Å²) < 4.78 is 1.89. The molecule has 0 atom stereocenters. The van der Waals surface area contributed by atoms with Gasteiger partial charge in [-0.2, -0.15) is 0 Å². The van der Waals surface area contributed by atoms with Crippen LogP contribution in [0.2, 0.25) is 0 Å². The molecule has 0 radical (unpaired) electrons. The molecule has 0 unspecified atom stereocenters. The van der Waals surface area contributed by atoms with Crippen LogP contribution >= 0.6 is 0 Å². The van der Waals surface area contributed by atoms with Crippen molar-refractivity contribution >= 4 is 0 Å². The highest BCUT2D eigenvalue weighted by molar-refractivity contribution is 4.87. The van der Waals surface area contributed by atoms with Crippen molar-refractivity contribution in [3.8, 4) is 0 Å². The molecule has 4 heteroatoms. The summed E-state index contributed by atoms with van der Waals surface area (Å²) in [7, 11) is 1.94. The van der Waals surface area contributed by atoms with Crippen molar-refractivity contribution in [2.75, 3.05) is 0 Å². The van der Waals surface area contributed by atoms with Gasteiger partial charge in [0.15, 0.2) is 0 Å². The predicted octanol–water partition coefficient (Wildman–Crippen LogP) is 1.77. The van der Waals surface area contributed by atoms with Gasteiger partial charge in [0.1, 0.15) is 0 Å². The topological polar surface area (TPSA) is 46.5 Å². The first-order valence-corrected chi connectivity index (χ1v) is 3.66. The van der Waals surface area contributed by atoms with Crippen LogP contribution < -0.4 is 0 Å². The third kappa shape index (κ3) is 4.79. The highest BCUT2D eigenvalue weighted by atomic mass is 15.0. The smallest absolute Gasteiger partial charge is 0.0943 e. The van der Waals surface area contributed by atoms with E-state index in [4.69, 9.17) is 0 Å². The van der Waals surface area contributed by atoms with E-state index in [9.17, 15) is 0 Å². The van der Waals surface area contributed by atoms with E-state index in [-0.39, 0.29) is 7.43 Å². The van der Waals surface area contributed by atoms with Crippen LogP contribution in [0.15, 0.2) is 31.2 Å². The molecule has 0 aliphatic heterocycles. The van der Waals surface area contributed by atoms with Crippen LogP contribution in [-0.2, 0) is 7.05 Å². The fourth-order valence-corrected chi connectivity index (χ4v) is 0.651. The van der Waals surface area contributed by atoms with E-state index in [1.54, 1.807) is 25.0 Å². The second-order valence-electron chi connectivity index (χ2n) is 2.46. The van der Waals surface area contributed by atoms with E-state index >= 15 is 0 Å². The number of rotatable bonds is 0. The van der Waals surface area contributed by atoms with Gasteiger partial charge >= 0.3 is 0 Å². The minimum absolute atomic E-state index is 0. The number of nitrogens with zero attached hydrogens (tertiary/aromatic N) is 3. The van der Waals surface area contributed by atoms with Crippen molar-refractivity contribution < 1.29 is 0 Å². The number of aromatic amines is 1. The van der Waals surface area contributed by atoms with Gasteiger partial charge in [0.25, 0.3) is 0 Å². The summed E-state index contributed by atoms with van der Waals surface area (Å²) in [5.41, 5.74) is 1.11. The molecule has 1 N–H and O–H groups in total. The molecule has 0 bridgehead atoms. The Morgan fingerprint density at radius 1 is 1.38 bits per heavy atom. The van der Waals surface area contributed by atoms with E-state index in [1.165, 1.54) is 0 Å². The molecule has 2 rings (SSSR count). The molecular weight excluding hydrogens is 164 g/mol. The van der Waals surface area contributed by atoms with Crippen LogP contribution in [0.4, 0.5) is 0 Å². The van der Waals surface area contributed by atoms with Crippen LogP contribution in [0, 0.1) is 6.92 Å². The van der Waals surface area contributed by atoms with Gasteiger partial charge in [-0.25, -0.2) is 9.97 Å². The molecule has 2 heterocycles. The van der Waals surface area contributed by atoms with Crippen LogP contribution in [-0.4, -0.2) is 19.5 Å². The zero-order valence-electron chi connectivity index (χ0n) is 7.23. The van der Waals surface area contributed by atoms with Gasteiger partial charge < -0.3 is 9.55 Å². The maximum atomic E-state index is 3.78. The van der Waals surface area contributed by atoms with Crippen LogP contribution in [0.1, 0.15) is 13.1 Å². The van der Waals surface area contributed by atoms with E-state index < -0.39 is 0 Å². The van der Waals surface area contributed by atoms with E-state index in [1.807, 2.05) is 24.7 Å². The standard InChI is InChI=1S/2C4H6N2.CH4/c1-4-2-5-3-6-4;1-6-3-2-5-4-6;/h2-3H,1H3,(H,5,6);2-4H,1H3;1H4. The first-order chi connectivity index (χ1) is 5.79. The van der Waals surface area contributed by atoms with Crippen molar-refractivity contribution in [1.29, 1.82) is 0 Å². The Kier molecular flexibility index (Phi) is 5.27. The van der Waals surface area contributed by atoms with Crippen molar-refractivity contribution in [1.82, 2.24) is 19.5 Å². The fourth-order valence-electron chi connectivity index (χ4n) is 0.651. The lowest BCUT2D eigenvalue weighted by Crippen LogP contribution is -1.76. The third-order valence-electron chi connectivity index (χ3n) is 1.27. The maximum absolute atomic E-state index is 3.78. The molecule has 0 aromatic carbocycles. The molecule has 72 valence electrons. The molecule has 0 saturated heterocycles. The molecule has 13 heavy (non-hydrogen) atoms. The molecular formula is C9H16N4. The quantitative estimate of drug-likeness (QED) is 0.671. The number of nitrogens with one attached hydrogen (secondary N) is 1. The zero-order valence-corrected chi connectivity index (χ0v) is 7.23. The Hall–Kier alpha value is -1.58. The Morgan fingerprint density at radius 2 is 2.15 bits per heavy atom. The second kappa shape index (κ2) is 5.99. The van der Waals surface area contributed by atoms with Crippen molar-refractivity contribution in [3.63, 3.8) is 0 Å². The highest BCUT2D eigenvalue weighted by Gasteiger charge is 1.73. The van der Waals surface area contributed by atoms with Crippen molar-refractivity contribution in [2.24, 2.45) is 7.05 Å². The lowest BCUT2D eigenvalue weighted by Gasteiger charge is -1.76. The van der Waals surface area contributed by atoms with Crippen LogP contribution in [0.3, 0.4) is 0 Å². The highest BCUT2D eigenvalue weighted by Crippen LogP contribution is 1.81. The summed E-state index contributed by atoms with van der Waals surface area (Å²) >= 11 is 0. The molecule has 0 saturated carbocycles. The Morgan fingerprint density at radius 3 is 2.31 bits per heavy atom. The normalized spacial score (nSPS) is 8.15. The number of H-pyrrole nitrogens is 1. The summed E-state index contributed by atoms with van der Waals surface area (Å²) in [6, 6.07) is 0. The fraction of sp³-hybridized carbons (Fsp3) is 0.333. The first kappa shape index (κ1) is 11.4. The van der Waals surface area contributed by atoms with E-state index in [0.29, 0.717) is 0 Å². The van der Waals surface area contributed by atoms with Crippen LogP contribution in [0.25, 0.3) is 0 Å². The van der Waals surface area contributed by atoms with Gasteiger partial charge in [-0.15, -0.1) is 0 Å². The maximum Gasteiger partial charge on any atom is 0.0943 e. The first-order valence-electron chi connectivity index (χ1n) is 3.66. The number of aryl methyl sites for hydroxylation is 2. The predicted molar refractivity (Wildman–Crippen MR) is 53.3 cm³/mol.